The summed E-state index contributed by atoms with van der Waals surface area (Å²) >= 11 is 0. The Bertz CT molecular complexity index is 4380. The van der Waals surface area contributed by atoms with Crippen molar-refractivity contribution in [3.05, 3.63) is 442 Å². The van der Waals surface area contributed by atoms with Crippen LogP contribution in [0.3, 0.4) is 0 Å². The van der Waals surface area contributed by atoms with Gasteiger partial charge in [0.05, 0.1) is 49.0 Å². The third-order valence-corrected chi connectivity index (χ3v) is 27.5. The number of nitrogens with zero attached hydrogens (tertiary/aromatic N) is 3. The van der Waals surface area contributed by atoms with E-state index in [0.29, 0.717) is 13.2 Å². The standard InChI is InChI=1S/4C18H15P.C16H15N3O2.C10H13NO2/c4*1-4-10-16(11-5-1)19(17-12-6-2-7-13-17)18-14-8-3-9-15-18;1-2-6-12-11(5-1)15(19-18-12)13-7-3-8-14(17-13)16-20-9-4-10-21-16;1-8-4-2-5-9(11-8)10-12-6-3-7-13-10/h4*1-15H;1-3,5-8,16H,4,9-10H2,(H,18,19);2,4-5,10H,3,6-7H2,1H3. The van der Waals surface area contributed by atoms with Crippen LogP contribution in [0, 0.1) is 6.92 Å². The lowest BCUT2D eigenvalue weighted by molar-refractivity contribution is -0.185. The van der Waals surface area contributed by atoms with Crippen molar-refractivity contribution in [3.8, 4) is 11.4 Å². The Morgan fingerprint density at radius 2 is 0.473 bits per heavy atom. The first-order chi connectivity index (χ1) is 54.6. The Kier molecular flexibility index (Phi) is 29.7. The van der Waals surface area contributed by atoms with E-state index in [0.717, 1.165) is 65.4 Å². The summed E-state index contributed by atoms with van der Waals surface area (Å²) in [5, 5.41) is 25.3. The second-order valence-electron chi connectivity index (χ2n) is 25.5. The maximum Gasteiger partial charge on any atom is 0.201 e. The molecule has 0 saturated carbocycles. The number of aromatic amines is 1. The van der Waals surface area contributed by atoms with Crippen LogP contribution in [0.5, 0.6) is 0 Å². The molecule has 110 heavy (non-hydrogen) atoms. The summed E-state index contributed by atoms with van der Waals surface area (Å²) in [4.78, 5) is 9.00. The van der Waals surface area contributed by atoms with Crippen LogP contribution < -0.4 is 63.7 Å². The van der Waals surface area contributed by atoms with Crippen molar-refractivity contribution in [2.75, 3.05) is 26.4 Å². The topological polar surface area (TPSA) is 91.4 Å². The summed E-state index contributed by atoms with van der Waals surface area (Å²) in [5.41, 5.74) is 5.34. The van der Waals surface area contributed by atoms with Crippen molar-refractivity contribution < 1.29 is 18.9 Å². The summed E-state index contributed by atoms with van der Waals surface area (Å²) in [6.07, 6.45) is 1.28. The van der Waals surface area contributed by atoms with Crippen LogP contribution in [0.25, 0.3) is 22.3 Å². The first kappa shape index (κ1) is 77.4. The molecule has 16 aromatic rings. The fourth-order valence-corrected chi connectivity index (χ4v) is 21.8. The van der Waals surface area contributed by atoms with Gasteiger partial charge in [0.1, 0.15) is 5.69 Å². The molecular weight excluding hydrogens is 1420 g/mol. The number of benzene rings is 13. The Hall–Kier alpha value is -10.8. The summed E-state index contributed by atoms with van der Waals surface area (Å²) in [7, 11) is -1.78. The van der Waals surface area contributed by atoms with E-state index in [1.807, 2.05) is 67.6 Å². The zero-order valence-corrected chi connectivity index (χ0v) is 65.2. The minimum atomic E-state index is -0.446. The lowest BCUT2D eigenvalue weighted by atomic mass is 10.1. The number of pyridine rings is 2. The number of H-pyrrole nitrogens is 1. The highest BCUT2D eigenvalue weighted by Gasteiger charge is 2.23. The first-order valence-electron chi connectivity index (χ1n) is 37.2. The zero-order chi connectivity index (χ0) is 74.8. The van der Waals surface area contributed by atoms with E-state index < -0.39 is 31.7 Å². The monoisotopic (exact) mass is 1510 g/mol. The van der Waals surface area contributed by atoms with Gasteiger partial charge >= 0.3 is 0 Å². The van der Waals surface area contributed by atoms with Crippen LogP contribution in [0.1, 0.15) is 42.5 Å². The number of rotatable bonds is 15. The van der Waals surface area contributed by atoms with Gasteiger partial charge in [-0.3, -0.25) is 10.1 Å². The second kappa shape index (κ2) is 42.2. The number of para-hydroxylation sites is 1. The number of hydrogen-bond acceptors (Lipinski definition) is 7. The van der Waals surface area contributed by atoms with Gasteiger partial charge in [0.15, 0.2) is 0 Å². The second-order valence-corrected chi connectivity index (χ2v) is 34.4. The number of nitrogens with one attached hydrogen (secondary N) is 1. The third-order valence-electron chi connectivity index (χ3n) is 17.7. The normalized spacial score (nSPS) is 12.7. The molecule has 12 heteroatoms. The summed E-state index contributed by atoms with van der Waals surface area (Å²) < 4.78 is 22.1. The summed E-state index contributed by atoms with van der Waals surface area (Å²) in [6.45, 7) is 4.91. The first-order valence-corrected chi connectivity index (χ1v) is 42.6. The van der Waals surface area contributed by atoms with Crippen LogP contribution in [-0.2, 0) is 18.9 Å². The molecule has 2 fully saturated rings. The average molecular weight is 1510 g/mol. The van der Waals surface area contributed by atoms with Gasteiger partial charge in [-0.1, -0.05) is 394 Å². The van der Waals surface area contributed by atoms with E-state index in [9.17, 15) is 0 Å². The van der Waals surface area contributed by atoms with Gasteiger partial charge in [-0.25, -0.2) is 4.98 Å². The molecule has 0 aliphatic carbocycles. The Morgan fingerprint density at radius 1 is 0.245 bits per heavy atom. The largest absolute Gasteiger partial charge is 0.347 e. The Morgan fingerprint density at radius 3 is 0.727 bits per heavy atom. The number of hydrogen-bond donors (Lipinski definition) is 1. The third kappa shape index (κ3) is 22.2. The van der Waals surface area contributed by atoms with Gasteiger partial charge in [0.2, 0.25) is 12.6 Å². The molecule has 2 aliphatic heterocycles. The van der Waals surface area contributed by atoms with E-state index in [4.69, 9.17) is 18.9 Å². The molecule has 0 unspecified atom stereocenters. The van der Waals surface area contributed by atoms with E-state index in [1.54, 1.807) is 0 Å². The summed E-state index contributed by atoms with van der Waals surface area (Å²) in [5.74, 6) is 0. The molecule has 1 N–H and O–H groups in total. The molecule has 18 rings (SSSR count). The Labute approximate surface area is 653 Å². The van der Waals surface area contributed by atoms with Crippen molar-refractivity contribution in [2.45, 2.75) is 32.3 Å². The SMILES string of the molecule is Cc1cccc(C2OCCCO2)n1.c1cc(-c2n[nH]c3ccccc23)nc(C2OCCCO2)c1.c1ccc(P(c2ccccc2)c2ccccc2)cc1.c1ccc(P(c2ccccc2)c2ccccc2)cc1.c1ccc(P(c2ccccc2)c2ccccc2)cc1.c1ccc(P(c2ccccc2)c2ccccc2)cc1. The zero-order valence-electron chi connectivity index (χ0n) is 61.6. The molecule has 3 aromatic heterocycles. The number of aromatic nitrogens is 4. The molecule has 0 spiro atoms. The molecule has 8 nitrogen and oxygen atoms in total. The van der Waals surface area contributed by atoms with Crippen molar-refractivity contribution in [1.29, 1.82) is 0 Å². The molecule has 2 saturated heterocycles. The smallest absolute Gasteiger partial charge is 0.201 e. The number of aryl methyl sites for hydroxylation is 1. The van der Waals surface area contributed by atoms with Crippen LogP contribution >= 0.6 is 31.7 Å². The van der Waals surface area contributed by atoms with Crippen molar-refractivity contribution in [1.82, 2.24) is 20.2 Å². The molecule has 5 heterocycles. The highest BCUT2D eigenvalue weighted by molar-refractivity contribution is 7.81. The molecule has 544 valence electrons. The minimum absolute atomic E-state index is 0.256. The van der Waals surface area contributed by atoms with Gasteiger partial charge in [-0.05, 0) is 145 Å². The van der Waals surface area contributed by atoms with E-state index in [-0.39, 0.29) is 12.6 Å². The molecule has 0 amide bonds. The van der Waals surface area contributed by atoms with Gasteiger partial charge in [-0.15, -0.1) is 0 Å². The fraction of sp³-hybridized carbons (Fsp3) is 0.0918. The van der Waals surface area contributed by atoms with Gasteiger partial charge in [-0.2, -0.15) is 5.10 Å². The molecule has 13 aromatic carbocycles. The lowest BCUT2D eigenvalue weighted by Gasteiger charge is -2.22. The van der Waals surface area contributed by atoms with E-state index in [2.05, 4.69) is 384 Å². The van der Waals surface area contributed by atoms with Crippen molar-refractivity contribution in [3.63, 3.8) is 0 Å². The van der Waals surface area contributed by atoms with Crippen LogP contribution in [0.4, 0.5) is 0 Å². The van der Waals surface area contributed by atoms with Crippen molar-refractivity contribution >= 4 is 106 Å². The molecular formula is C98H88N4O4P4. The highest BCUT2D eigenvalue weighted by atomic mass is 31.1. The highest BCUT2D eigenvalue weighted by Crippen LogP contribution is 2.36. The maximum absolute atomic E-state index is 5.61. The van der Waals surface area contributed by atoms with Crippen molar-refractivity contribution in [2.24, 2.45) is 0 Å². The molecule has 2 aliphatic rings. The summed E-state index contributed by atoms with van der Waals surface area (Å²) in [6, 6.07) is 149. The maximum atomic E-state index is 5.61. The number of ether oxygens (including phenoxy) is 4. The van der Waals surface area contributed by atoms with Gasteiger partial charge in [0, 0.05) is 11.1 Å². The van der Waals surface area contributed by atoms with Crippen LogP contribution in [0.15, 0.2) is 425 Å². The fourth-order valence-electron chi connectivity index (χ4n) is 12.6. The molecule has 0 bridgehead atoms. The van der Waals surface area contributed by atoms with E-state index in [1.165, 1.54) is 63.7 Å². The number of fused-ring (bicyclic) bond motifs is 1. The predicted octanol–water partition coefficient (Wildman–Crippen LogP) is 18.7. The van der Waals surface area contributed by atoms with Gasteiger partial charge in [0.25, 0.3) is 0 Å². The average Bonchev–Trinajstić information content (AvgIpc) is 1.66. The molecule has 0 atom stereocenters. The quantitative estimate of drug-likeness (QED) is 0.102. The van der Waals surface area contributed by atoms with E-state index >= 15 is 0 Å². The van der Waals surface area contributed by atoms with Gasteiger partial charge < -0.3 is 18.9 Å². The van der Waals surface area contributed by atoms with Crippen LogP contribution in [0.2, 0.25) is 0 Å². The minimum Gasteiger partial charge on any atom is -0.347 e. The predicted molar refractivity (Wildman–Crippen MR) is 467 cm³/mol. The van der Waals surface area contributed by atoms with Crippen LogP contribution in [-0.4, -0.2) is 46.6 Å². The molecule has 0 radical (unpaired) electrons. The lowest BCUT2D eigenvalue weighted by Crippen LogP contribution is -2.20. The Balaban J connectivity index is 0.000000117.